The van der Waals surface area contributed by atoms with E-state index in [1.807, 2.05) is 0 Å². The van der Waals surface area contributed by atoms with Gasteiger partial charge >= 0.3 is 18.9 Å². The van der Waals surface area contributed by atoms with E-state index < -0.39 is 5.97 Å². The van der Waals surface area contributed by atoms with Crippen molar-refractivity contribution in [2.24, 2.45) is 0 Å². The normalized spacial score (nSPS) is 7.62. The van der Waals surface area contributed by atoms with Crippen molar-refractivity contribution in [2.75, 3.05) is 6.61 Å². The molecular formula is C4H7LiO3. The van der Waals surface area contributed by atoms with E-state index in [-0.39, 0.29) is 31.9 Å². The van der Waals surface area contributed by atoms with Gasteiger partial charge in [-0.05, 0) is 12.8 Å². The maximum atomic E-state index is 9.54. The fourth-order valence-corrected chi connectivity index (χ4v) is 0.223. The van der Waals surface area contributed by atoms with Crippen LogP contribution >= 0.6 is 0 Å². The van der Waals surface area contributed by atoms with Crippen molar-refractivity contribution in [3.8, 4) is 0 Å². The Balaban J connectivity index is 0. The van der Waals surface area contributed by atoms with Gasteiger partial charge in [-0.2, -0.15) is 0 Å². The maximum Gasteiger partial charge on any atom is 1.00 e. The summed E-state index contributed by atoms with van der Waals surface area (Å²) >= 11 is 0. The molecule has 0 aromatic heterocycles. The molecule has 42 valence electrons. The molecule has 0 amide bonds. The van der Waals surface area contributed by atoms with Crippen LogP contribution in [-0.4, -0.2) is 17.7 Å². The first-order valence-electron chi connectivity index (χ1n) is 2.08. The molecule has 0 heterocycles. The average molecular weight is 110 g/mol. The van der Waals surface area contributed by atoms with Crippen molar-refractivity contribution in [1.29, 1.82) is 0 Å². The van der Waals surface area contributed by atoms with E-state index in [0.717, 1.165) is 0 Å². The second-order valence-corrected chi connectivity index (χ2v) is 1.20. The molecule has 8 heavy (non-hydrogen) atoms. The molecule has 0 bridgehead atoms. The number of carboxylic acid groups (broad SMARTS) is 1. The molecular weight excluding hydrogens is 103 g/mol. The second-order valence-electron chi connectivity index (χ2n) is 1.20. The quantitative estimate of drug-likeness (QED) is 0.372. The van der Waals surface area contributed by atoms with Crippen molar-refractivity contribution in [3.05, 3.63) is 0 Å². The summed E-state index contributed by atoms with van der Waals surface area (Å²) in [5.41, 5.74) is 0. The smallest absolute Gasteiger partial charge is 0.550 e. The molecule has 4 heteroatoms. The van der Waals surface area contributed by atoms with E-state index in [1.54, 1.807) is 0 Å². The van der Waals surface area contributed by atoms with Crippen LogP contribution in [0.5, 0.6) is 0 Å². The third kappa shape index (κ3) is 9.39. The van der Waals surface area contributed by atoms with E-state index in [9.17, 15) is 9.90 Å². The largest absolute Gasteiger partial charge is 1.00 e. The minimum atomic E-state index is -1.10. The van der Waals surface area contributed by atoms with E-state index in [1.165, 1.54) is 0 Å². The summed E-state index contributed by atoms with van der Waals surface area (Å²) in [6.45, 7) is -0.0754. The fraction of sp³-hybridized carbons (Fsp3) is 0.750. The van der Waals surface area contributed by atoms with Crippen LogP contribution in [0.3, 0.4) is 0 Å². The molecule has 0 aliphatic heterocycles. The minimum Gasteiger partial charge on any atom is -0.550 e. The Morgan fingerprint density at radius 3 is 2.25 bits per heavy atom. The topological polar surface area (TPSA) is 60.4 Å². The van der Waals surface area contributed by atoms with Crippen molar-refractivity contribution >= 4 is 5.97 Å². The summed E-state index contributed by atoms with van der Waals surface area (Å²) in [5, 5.41) is 17.6. The van der Waals surface area contributed by atoms with E-state index >= 15 is 0 Å². The minimum absolute atomic E-state index is 0. The van der Waals surface area contributed by atoms with Crippen LogP contribution in [0.15, 0.2) is 0 Å². The van der Waals surface area contributed by atoms with E-state index in [0.29, 0.717) is 6.42 Å². The third-order valence-electron chi connectivity index (χ3n) is 0.539. The predicted octanol–water partition coefficient (Wildman–Crippen LogP) is -4.49. The molecule has 0 spiro atoms. The number of carbonyl (C=O) groups is 1. The van der Waals surface area contributed by atoms with Crippen LogP contribution in [0.25, 0.3) is 0 Å². The summed E-state index contributed by atoms with van der Waals surface area (Å²) in [4.78, 5) is 9.54. The Hall–Kier alpha value is 0.0274. The zero-order valence-electron chi connectivity index (χ0n) is 4.89. The molecule has 0 aliphatic rings. The standard InChI is InChI=1S/C4H8O3.Li/c5-3-1-2-4(6)7;/h5H,1-3H2,(H,6,7);/q;+1/p-1. The van der Waals surface area contributed by atoms with Gasteiger partial charge < -0.3 is 15.0 Å². The first kappa shape index (κ1) is 10.9. The summed E-state index contributed by atoms with van der Waals surface area (Å²) in [6, 6.07) is 0. The molecule has 0 rings (SSSR count). The Labute approximate surface area is 59.9 Å². The number of aliphatic hydroxyl groups excluding tert-OH is 1. The molecule has 0 saturated carbocycles. The first-order chi connectivity index (χ1) is 3.27. The third-order valence-corrected chi connectivity index (χ3v) is 0.539. The van der Waals surface area contributed by atoms with Gasteiger partial charge in [-0.15, -0.1) is 0 Å². The molecule has 0 unspecified atom stereocenters. The zero-order chi connectivity index (χ0) is 5.70. The molecule has 0 atom stereocenters. The number of rotatable bonds is 3. The van der Waals surface area contributed by atoms with E-state index in [2.05, 4.69) is 0 Å². The summed E-state index contributed by atoms with van der Waals surface area (Å²) in [7, 11) is 0. The number of aliphatic hydroxyl groups is 1. The van der Waals surface area contributed by atoms with Crippen molar-refractivity contribution in [1.82, 2.24) is 0 Å². The van der Waals surface area contributed by atoms with E-state index in [4.69, 9.17) is 5.11 Å². The van der Waals surface area contributed by atoms with Crippen LogP contribution in [0.4, 0.5) is 0 Å². The number of aliphatic carboxylic acids is 1. The molecule has 0 aromatic carbocycles. The summed E-state index contributed by atoms with van der Waals surface area (Å²) in [5.74, 6) is -1.10. The Kier molecular flexibility index (Phi) is 9.59. The van der Waals surface area contributed by atoms with Crippen LogP contribution in [0.1, 0.15) is 12.8 Å². The average Bonchev–Trinajstić information content (AvgIpc) is 1.61. The van der Waals surface area contributed by atoms with Gasteiger partial charge in [0.05, 0.1) is 0 Å². The molecule has 0 fully saturated rings. The van der Waals surface area contributed by atoms with Gasteiger partial charge in [0.1, 0.15) is 0 Å². The van der Waals surface area contributed by atoms with Gasteiger partial charge in [-0.25, -0.2) is 0 Å². The van der Waals surface area contributed by atoms with Crippen LogP contribution < -0.4 is 24.0 Å². The SMILES string of the molecule is O=C([O-])CCCO.[Li+]. The van der Waals surface area contributed by atoms with Gasteiger partial charge in [0.25, 0.3) is 0 Å². The Morgan fingerprint density at radius 2 is 2.12 bits per heavy atom. The fourth-order valence-electron chi connectivity index (χ4n) is 0.223. The Bertz CT molecular complexity index is 64.3. The van der Waals surface area contributed by atoms with Crippen LogP contribution in [0.2, 0.25) is 0 Å². The Morgan fingerprint density at radius 1 is 1.62 bits per heavy atom. The van der Waals surface area contributed by atoms with Gasteiger partial charge in [0, 0.05) is 12.6 Å². The van der Waals surface area contributed by atoms with Gasteiger partial charge in [0.15, 0.2) is 0 Å². The predicted molar refractivity (Wildman–Crippen MR) is 21.3 cm³/mol. The molecule has 0 aromatic rings. The molecule has 3 nitrogen and oxygen atoms in total. The van der Waals surface area contributed by atoms with Crippen molar-refractivity contribution in [3.63, 3.8) is 0 Å². The van der Waals surface area contributed by atoms with Crippen molar-refractivity contribution < 1.29 is 33.9 Å². The van der Waals surface area contributed by atoms with Gasteiger partial charge in [-0.1, -0.05) is 0 Å². The zero-order valence-corrected chi connectivity index (χ0v) is 4.89. The molecule has 0 saturated heterocycles. The van der Waals surface area contributed by atoms with Gasteiger partial charge in [-0.3, -0.25) is 0 Å². The second kappa shape index (κ2) is 7.03. The van der Waals surface area contributed by atoms with Crippen LogP contribution in [0, 0.1) is 0 Å². The monoisotopic (exact) mass is 110 g/mol. The summed E-state index contributed by atoms with van der Waals surface area (Å²) < 4.78 is 0. The first-order valence-corrected chi connectivity index (χ1v) is 2.08. The van der Waals surface area contributed by atoms with Crippen LogP contribution in [-0.2, 0) is 4.79 Å². The number of carboxylic acids is 1. The number of carbonyl (C=O) groups excluding carboxylic acids is 1. The molecule has 0 aliphatic carbocycles. The summed E-state index contributed by atoms with van der Waals surface area (Å²) in [6.07, 6.45) is 0.249. The number of hydrogen-bond donors (Lipinski definition) is 1. The molecule has 0 radical (unpaired) electrons. The molecule has 1 N–H and O–H groups in total. The number of hydrogen-bond acceptors (Lipinski definition) is 3. The van der Waals surface area contributed by atoms with Crippen molar-refractivity contribution in [2.45, 2.75) is 12.8 Å². The van der Waals surface area contributed by atoms with Gasteiger partial charge in [0.2, 0.25) is 0 Å². The maximum absolute atomic E-state index is 9.54.